The van der Waals surface area contributed by atoms with Crippen molar-refractivity contribution >= 4 is 21.7 Å². The molecule has 0 bridgehead atoms. The van der Waals surface area contributed by atoms with Crippen molar-refractivity contribution in [2.45, 2.75) is 13.5 Å². The molecule has 2 aromatic rings. The predicted octanol–water partition coefficient (Wildman–Crippen LogP) is 4.16. The molecular weight excluding hydrogens is 304 g/mol. The van der Waals surface area contributed by atoms with Gasteiger partial charge in [-0.1, -0.05) is 58.4 Å². The van der Waals surface area contributed by atoms with Gasteiger partial charge >= 0.3 is 0 Å². The molecule has 0 amide bonds. The van der Waals surface area contributed by atoms with E-state index in [1.165, 1.54) is 0 Å². The van der Waals surface area contributed by atoms with Gasteiger partial charge in [-0.15, -0.1) is 0 Å². The third kappa shape index (κ3) is 3.75. The Hall–Kier alpha value is -1.45. The lowest BCUT2D eigenvalue weighted by Gasteiger charge is -2.07. The lowest BCUT2D eigenvalue weighted by atomic mass is 10.1. The highest BCUT2D eigenvalue weighted by Crippen LogP contribution is 2.17. The molecule has 0 aromatic heterocycles. The molecule has 0 aliphatic carbocycles. The van der Waals surface area contributed by atoms with Gasteiger partial charge in [0.05, 0.1) is 6.61 Å². The van der Waals surface area contributed by atoms with Crippen molar-refractivity contribution in [1.82, 2.24) is 0 Å². The summed E-state index contributed by atoms with van der Waals surface area (Å²) in [6.45, 7) is 2.46. The lowest BCUT2D eigenvalue weighted by Crippen LogP contribution is -2.10. The molecule has 2 rings (SSSR count). The van der Waals surface area contributed by atoms with Crippen LogP contribution in [0.5, 0.6) is 0 Å². The lowest BCUT2D eigenvalue weighted by molar-refractivity contribution is 0.0725. The van der Waals surface area contributed by atoms with E-state index in [1.807, 2.05) is 55.5 Å². The van der Waals surface area contributed by atoms with Gasteiger partial charge in [-0.25, -0.2) is 0 Å². The molecule has 0 N–H and O–H groups in total. The van der Waals surface area contributed by atoms with Crippen LogP contribution < -0.4 is 0 Å². The van der Waals surface area contributed by atoms with Crippen molar-refractivity contribution in [3.63, 3.8) is 0 Å². The van der Waals surface area contributed by atoms with Crippen LogP contribution in [0.3, 0.4) is 0 Å². The van der Waals surface area contributed by atoms with Crippen LogP contribution in [-0.4, -0.2) is 12.4 Å². The molecule has 2 nitrogen and oxygen atoms in total. The van der Waals surface area contributed by atoms with Gasteiger partial charge < -0.3 is 4.74 Å². The molecule has 2 aromatic carbocycles. The van der Waals surface area contributed by atoms with E-state index in [4.69, 9.17) is 4.74 Å². The molecule has 19 heavy (non-hydrogen) atoms. The summed E-state index contributed by atoms with van der Waals surface area (Å²) in [5.41, 5.74) is 2.76. The largest absolute Gasteiger partial charge is 0.369 e. The first kappa shape index (κ1) is 14.0. The highest BCUT2D eigenvalue weighted by atomic mass is 79.9. The van der Waals surface area contributed by atoms with E-state index in [-0.39, 0.29) is 12.4 Å². The van der Waals surface area contributed by atoms with Crippen LogP contribution in [0.15, 0.2) is 53.0 Å². The number of ketones is 1. The van der Waals surface area contributed by atoms with E-state index in [0.29, 0.717) is 6.61 Å². The maximum Gasteiger partial charge on any atom is 0.188 e. The van der Waals surface area contributed by atoms with Crippen molar-refractivity contribution in [3.05, 3.63) is 69.7 Å². The molecule has 0 heterocycles. The van der Waals surface area contributed by atoms with Crippen molar-refractivity contribution in [2.24, 2.45) is 0 Å². The van der Waals surface area contributed by atoms with E-state index in [2.05, 4.69) is 15.9 Å². The van der Waals surface area contributed by atoms with Crippen LogP contribution in [0.2, 0.25) is 0 Å². The summed E-state index contributed by atoms with van der Waals surface area (Å²) in [6.07, 6.45) is 0. The molecule has 0 aliphatic heterocycles. The molecule has 0 unspecified atom stereocenters. The molecule has 98 valence electrons. The quantitative estimate of drug-likeness (QED) is 0.774. The predicted molar refractivity (Wildman–Crippen MR) is 79.3 cm³/mol. The highest BCUT2D eigenvalue weighted by molar-refractivity contribution is 9.10. The Bertz CT molecular complexity index is 578. The minimum atomic E-state index is 0.0187. The standard InChI is InChI=1S/C16H15BrO2/c1-12-6-2-4-8-14(12)16(18)11-19-10-13-7-3-5-9-15(13)17/h2-9H,10-11H2,1H3. The molecule has 0 aliphatic rings. The SMILES string of the molecule is Cc1ccccc1C(=O)COCc1ccccc1Br. The zero-order valence-electron chi connectivity index (χ0n) is 10.7. The summed E-state index contributed by atoms with van der Waals surface area (Å²) in [4.78, 5) is 12.0. The van der Waals surface area contributed by atoms with Crippen molar-refractivity contribution in [2.75, 3.05) is 6.61 Å². The summed E-state index contributed by atoms with van der Waals surface area (Å²) in [5, 5.41) is 0. The van der Waals surface area contributed by atoms with E-state index in [0.717, 1.165) is 21.2 Å². The number of carbonyl (C=O) groups is 1. The van der Waals surface area contributed by atoms with E-state index in [1.54, 1.807) is 0 Å². The first-order chi connectivity index (χ1) is 9.18. The second-order valence-corrected chi connectivity index (χ2v) is 5.18. The number of ether oxygens (including phenoxy) is 1. The third-order valence-corrected chi connectivity index (χ3v) is 3.67. The first-order valence-corrected chi connectivity index (χ1v) is 6.88. The summed E-state index contributed by atoms with van der Waals surface area (Å²) in [7, 11) is 0. The number of hydrogen-bond donors (Lipinski definition) is 0. The van der Waals surface area contributed by atoms with Gasteiger partial charge in [0.2, 0.25) is 0 Å². The summed E-state index contributed by atoms with van der Waals surface area (Å²) >= 11 is 3.46. The number of carbonyl (C=O) groups excluding carboxylic acids is 1. The van der Waals surface area contributed by atoms with Gasteiger partial charge in [0, 0.05) is 10.0 Å². The van der Waals surface area contributed by atoms with Crippen LogP contribution in [0, 0.1) is 6.92 Å². The Labute approximate surface area is 121 Å². The molecule has 3 heteroatoms. The van der Waals surface area contributed by atoms with E-state index >= 15 is 0 Å². The van der Waals surface area contributed by atoms with E-state index in [9.17, 15) is 4.79 Å². The molecular formula is C16H15BrO2. The Kier molecular flexibility index (Phi) is 4.88. The Morgan fingerprint density at radius 1 is 1.11 bits per heavy atom. The number of halogens is 1. The van der Waals surface area contributed by atoms with Crippen LogP contribution in [-0.2, 0) is 11.3 Å². The number of benzene rings is 2. The van der Waals surface area contributed by atoms with Gasteiger partial charge in [-0.05, 0) is 24.1 Å². The van der Waals surface area contributed by atoms with E-state index < -0.39 is 0 Å². The molecule has 0 spiro atoms. The minimum Gasteiger partial charge on any atom is -0.369 e. The Morgan fingerprint density at radius 2 is 1.79 bits per heavy atom. The maximum atomic E-state index is 12.0. The molecule has 0 saturated heterocycles. The molecule has 0 fully saturated rings. The van der Waals surface area contributed by atoms with Gasteiger partial charge in [0.1, 0.15) is 6.61 Å². The molecule has 0 saturated carbocycles. The fraction of sp³-hybridized carbons (Fsp3) is 0.188. The topological polar surface area (TPSA) is 26.3 Å². The number of hydrogen-bond acceptors (Lipinski definition) is 2. The normalized spacial score (nSPS) is 10.4. The average molecular weight is 319 g/mol. The second kappa shape index (κ2) is 6.64. The molecule has 0 radical (unpaired) electrons. The highest BCUT2D eigenvalue weighted by Gasteiger charge is 2.08. The summed E-state index contributed by atoms with van der Waals surface area (Å²) in [6, 6.07) is 15.4. The minimum absolute atomic E-state index is 0.0187. The fourth-order valence-electron chi connectivity index (χ4n) is 1.83. The molecule has 0 atom stereocenters. The maximum absolute atomic E-state index is 12.0. The summed E-state index contributed by atoms with van der Waals surface area (Å²) in [5.74, 6) is 0.0187. The van der Waals surface area contributed by atoms with Crippen LogP contribution in [0.4, 0.5) is 0 Å². The van der Waals surface area contributed by atoms with Crippen LogP contribution >= 0.6 is 15.9 Å². The van der Waals surface area contributed by atoms with Crippen LogP contribution in [0.25, 0.3) is 0 Å². The van der Waals surface area contributed by atoms with Crippen LogP contribution in [0.1, 0.15) is 21.5 Å². The summed E-state index contributed by atoms with van der Waals surface area (Å²) < 4.78 is 6.49. The number of rotatable bonds is 5. The van der Waals surface area contributed by atoms with Gasteiger partial charge in [-0.3, -0.25) is 4.79 Å². The fourth-order valence-corrected chi connectivity index (χ4v) is 2.23. The monoisotopic (exact) mass is 318 g/mol. The Balaban J connectivity index is 1.92. The Morgan fingerprint density at radius 3 is 2.53 bits per heavy atom. The van der Waals surface area contributed by atoms with Gasteiger partial charge in [0.25, 0.3) is 0 Å². The number of Topliss-reactive ketones (excluding diaryl/α,β-unsaturated/α-hetero) is 1. The van der Waals surface area contributed by atoms with Crippen molar-refractivity contribution in [1.29, 1.82) is 0 Å². The van der Waals surface area contributed by atoms with Crippen molar-refractivity contribution < 1.29 is 9.53 Å². The zero-order valence-corrected chi connectivity index (χ0v) is 12.3. The number of aryl methyl sites for hydroxylation is 1. The van der Waals surface area contributed by atoms with Gasteiger partial charge in [0.15, 0.2) is 5.78 Å². The van der Waals surface area contributed by atoms with Gasteiger partial charge in [-0.2, -0.15) is 0 Å². The third-order valence-electron chi connectivity index (χ3n) is 2.89. The second-order valence-electron chi connectivity index (χ2n) is 4.32. The zero-order chi connectivity index (χ0) is 13.7. The average Bonchev–Trinajstić information content (AvgIpc) is 2.41. The van der Waals surface area contributed by atoms with Crippen molar-refractivity contribution in [3.8, 4) is 0 Å². The smallest absolute Gasteiger partial charge is 0.188 e. The first-order valence-electron chi connectivity index (χ1n) is 6.08.